The molecule has 0 saturated carbocycles. The van der Waals surface area contributed by atoms with Crippen LogP contribution >= 0.6 is 11.6 Å². The Balaban J connectivity index is 1.81. The highest BCUT2D eigenvalue weighted by Crippen LogP contribution is 2.33. The molecular weight excluding hydrogens is 390 g/mol. The Bertz CT molecular complexity index is 1390. The van der Waals surface area contributed by atoms with Crippen LogP contribution in [0, 0.1) is 0 Å². The van der Waals surface area contributed by atoms with Crippen molar-refractivity contribution in [3.05, 3.63) is 118 Å². The van der Waals surface area contributed by atoms with Gasteiger partial charge in [0.05, 0.1) is 10.9 Å². The lowest BCUT2D eigenvalue weighted by Gasteiger charge is -2.12. The first-order chi connectivity index (χ1) is 14.7. The SMILES string of the molecule is O=c1cc(-c2ccc(Cl)cc2)[nH]c2cc(-c3ccccc3)cc(-c3ccccc3)c12. The molecule has 0 unspecified atom stereocenters. The fraction of sp³-hybridized carbons (Fsp3) is 0. The topological polar surface area (TPSA) is 32.9 Å². The smallest absolute Gasteiger partial charge is 0.190 e. The summed E-state index contributed by atoms with van der Waals surface area (Å²) >= 11 is 6.03. The quantitative estimate of drug-likeness (QED) is 0.337. The van der Waals surface area contributed by atoms with Crippen molar-refractivity contribution in [2.24, 2.45) is 0 Å². The van der Waals surface area contributed by atoms with Gasteiger partial charge in [-0.3, -0.25) is 4.79 Å². The van der Waals surface area contributed by atoms with Gasteiger partial charge in [-0.1, -0.05) is 84.4 Å². The zero-order chi connectivity index (χ0) is 20.5. The predicted molar refractivity (Wildman–Crippen MR) is 126 cm³/mol. The first kappa shape index (κ1) is 18.4. The van der Waals surface area contributed by atoms with E-state index in [2.05, 4.69) is 29.2 Å². The fourth-order valence-electron chi connectivity index (χ4n) is 3.82. The van der Waals surface area contributed by atoms with E-state index in [1.54, 1.807) is 6.07 Å². The van der Waals surface area contributed by atoms with Crippen LogP contribution in [0.2, 0.25) is 5.02 Å². The Kier molecular flexibility index (Phi) is 4.70. The molecule has 0 aliphatic carbocycles. The summed E-state index contributed by atoms with van der Waals surface area (Å²) in [6, 6.07) is 33.6. The predicted octanol–water partition coefficient (Wildman–Crippen LogP) is 7.18. The van der Waals surface area contributed by atoms with E-state index in [9.17, 15) is 4.79 Å². The van der Waals surface area contributed by atoms with Crippen LogP contribution in [0.5, 0.6) is 0 Å². The van der Waals surface area contributed by atoms with Crippen molar-refractivity contribution >= 4 is 22.5 Å². The van der Waals surface area contributed by atoms with Crippen LogP contribution in [0.3, 0.4) is 0 Å². The molecule has 4 aromatic carbocycles. The third-order valence-electron chi connectivity index (χ3n) is 5.28. The molecule has 0 fully saturated rings. The maximum atomic E-state index is 13.2. The second-order valence-corrected chi connectivity index (χ2v) is 7.67. The fourth-order valence-corrected chi connectivity index (χ4v) is 3.94. The molecule has 0 amide bonds. The summed E-state index contributed by atoms with van der Waals surface area (Å²) in [7, 11) is 0. The van der Waals surface area contributed by atoms with Crippen LogP contribution in [0.1, 0.15) is 0 Å². The van der Waals surface area contributed by atoms with Crippen molar-refractivity contribution in [1.82, 2.24) is 4.98 Å². The average molecular weight is 408 g/mol. The number of pyridine rings is 1. The van der Waals surface area contributed by atoms with Crippen LogP contribution in [-0.2, 0) is 0 Å². The molecule has 30 heavy (non-hydrogen) atoms. The highest BCUT2D eigenvalue weighted by Gasteiger charge is 2.13. The highest BCUT2D eigenvalue weighted by atomic mass is 35.5. The molecule has 144 valence electrons. The zero-order valence-corrected chi connectivity index (χ0v) is 16.9. The largest absolute Gasteiger partial charge is 0.354 e. The second-order valence-electron chi connectivity index (χ2n) is 7.23. The maximum Gasteiger partial charge on any atom is 0.190 e. The lowest BCUT2D eigenvalue weighted by Crippen LogP contribution is -2.05. The maximum absolute atomic E-state index is 13.2. The molecule has 3 heteroatoms. The zero-order valence-electron chi connectivity index (χ0n) is 16.1. The minimum Gasteiger partial charge on any atom is -0.354 e. The summed E-state index contributed by atoms with van der Waals surface area (Å²) in [4.78, 5) is 16.7. The normalized spacial score (nSPS) is 11.0. The van der Waals surface area contributed by atoms with E-state index in [0.29, 0.717) is 10.4 Å². The number of hydrogen-bond acceptors (Lipinski definition) is 1. The average Bonchev–Trinajstić information content (AvgIpc) is 2.80. The summed E-state index contributed by atoms with van der Waals surface area (Å²) in [5.74, 6) is 0. The number of halogens is 1. The monoisotopic (exact) mass is 407 g/mol. The summed E-state index contributed by atoms with van der Waals surface area (Å²) < 4.78 is 0. The van der Waals surface area contributed by atoms with Gasteiger partial charge >= 0.3 is 0 Å². The molecule has 0 saturated heterocycles. The number of aromatic amines is 1. The van der Waals surface area contributed by atoms with Crippen LogP contribution < -0.4 is 5.43 Å². The van der Waals surface area contributed by atoms with Crippen LogP contribution in [-0.4, -0.2) is 4.98 Å². The van der Waals surface area contributed by atoms with Crippen molar-refractivity contribution in [3.63, 3.8) is 0 Å². The number of H-pyrrole nitrogens is 1. The van der Waals surface area contributed by atoms with Gasteiger partial charge in [-0.2, -0.15) is 0 Å². The Hall–Kier alpha value is -3.62. The molecule has 1 N–H and O–H groups in total. The molecule has 0 spiro atoms. The minimum absolute atomic E-state index is 0.00725. The van der Waals surface area contributed by atoms with Crippen LogP contribution in [0.25, 0.3) is 44.4 Å². The van der Waals surface area contributed by atoms with Gasteiger partial charge in [-0.25, -0.2) is 0 Å². The Morgan fingerprint density at radius 1 is 0.600 bits per heavy atom. The number of rotatable bonds is 3. The van der Waals surface area contributed by atoms with Crippen molar-refractivity contribution < 1.29 is 0 Å². The number of hydrogen-bond donors (Lipinski definition) is 1. The molecule has 5 rings (SSSR count). The molecule has 1 aromatic heterocycles. The Labute approximate surface area is 179 Å². The molecule has 0 aliphatic rings. The molecule has 2 nitrogen and oxygen atoms in total. The lowest BCUT2D eigenvalue weighted by molar-refractivity contribution is 1.38. The molecule has 0 bridgehead atoms. The van der Waals surface area contributed by atoms with Gasteiger partial charge in [-0.15, -0.1) is 0 Å². The third kappa shape index (κ3) is 3.42. The van der Waals surface area contributed by atoms with Gasteiger partial charge in [-0.05, 0) is 52.1 Å². The van der Waals surface area contributed by atoms with Gasteiger partial charge in [0.25, 0.3) is 0 Å². The Morgan fingerprint density at radius 3 is 1.90 bits per heavy atom. The lowest BCUT2D eigenvalue weighted by atomic mass is 9.94. The van der Waals surface area contributed by atoms with E-state index in [1.165, 1.54) is 0 Å². The number of aromatic nitrogens is 1. The van der Waals surface area contributed by atoms with E-state index in [4.69, 9.17) is 11.6 Å². The van der Waals surface area contributed by atoms with Crippen molar-refractivity contribution in [3.8, 4) is 33.5 Å². The van der Waals surface area contributed by atoms with Crippen molar-refractivity contribution in [1.29, 1.82) is 0 Å². The van der Waals surface area contributed by atoms with Crippen LogP contribution in [0.4, 0.5) is 0 Å². The van der Waals surface area contributed by atoms with Gasteiger partial charge in [0.2, 0.25) is 0 Å². The molecule has 0 aliphatic heterocycles. The molecule has 1 heterocycles. The number of fused-ring (bicyclic) bond motifs is 1. The third-order valence-corrected chi connectivity index (χ3v) is 5.53. The summed E-state index contributed by atoms with van der Waals surface area (Å²) in [5.41, 5.74) is 6.61. The van der Waals surface area contributed by atoms with E-state index < -0.39 is 0 Å². The summed E-state index contributed by atoms with van der Waals surface area (Å²) in [6.45, 7) is 0. The van der Waals surface area contributed by atoms with Gasteiger partial charge in [0, 0.05) is 16.8 Å². The van der Waals surface area contributed by atoms with Gasteiger partial charge in [0.1, 0.15) is 0 Å². The first-order valence-electron chi connectivity index (χ1n) is 9.77. The highest BCUT2D eigenvalue weighted by molar-refractivity contribution is 6.30. The van der Waals surface area contributed by atoms with E-state index in [1.807, 2.05) is 72.8 Å². The van der Waals surface area contributed by atoms with E-state index in [-0.39, 0.29) is 5.43 Å². The summed E-state index contributed by atoms with van der Waals surface area (Å²) in [5, 5.41) is 1.36. The van der Waals surface area contributed by atoms with Gasteiger partial charge < -0.3 is 4.98 Å². The summed E-state index contributed by atoms with van der Waals surface area (Å²) in [6.07, 6.45) is 0. The molecule has 0 radical (unpaired) electrons. The molecule has 5 aromatic rings. The second kappa shape index (κ2) is 7.66. The van der Waals surface area contributed by atoms with E-state index in [0.717, 1.165) is 39.0 Å². The molecule has 0 atom stereocenters. The van der Waals surface area contributed by atoms with Crippen molar-refractivity contribution in [2.75, 3.05) is 0 Å². The van der Waals surface area contributed by atoms with E-state index >= 15 is 0 Å². The van der Waals surface area contributed by atoms with Crippen molar-refractivity contribution in [2.45, 2.75) is 0 Å². The standard InChI is InChI=1S/C27H18ClNO/c28-22-13-11-20(12-14-22)24-17-26(30)27-23(19-9-5-2-6-10-19)15-21(16-25(27)29-24)18-7-3-1-4-8-18/h1-17H,(H,29,30). The first-order valence-corrected chi connectivity index (χ1v) is 10.1. The minimum atomic E-state index is -0.00725. The Morgan fingerprint density at radius 2 is 1.23 bits per heavy atom. The van der Waals surface area contributed by atoms with Gasteiger partial charge in [0.15, 0.2) is 5.43 Å². The number of benzene rings is 4. The van der Waals surface area contributed by atoms with Crippen LogP contribution in [0.15, 0.2) is 108 Å². The number of nitrogens with one attached hydrogen (secondary N) is 1. The molecular formula is C27H18ClNO.